The van der Waals surface area contributed by atoms with E-state index < -0.39 is 17.7 Å². The molecule has 5 rings (SSSR count). The van der Waals surface area contributed by atoms with Crippen LogP contribution >= 0.6 is 0 Å². The monoisotopic (exact) mass is 529 g/mol. The van der Waals surface area contributed by atoms with Gasteiger partial charge in [0, 0.05) is 36.8 Å². The van der Waals surface area contributed by atoms with Crippen LogP contribution in [0.15, 0.2) is 42.6 Å². The number of aliphatic carboxylic acids is 1. The van der Waals surface area contributed by atoms with Crippen LogP contribution in [-0.2, 0) is 29.1 Å². The van der Waals surface area contributed by atoms with Crippen molar-refractivity contribution in [1.29, 1.82) is 0 Å². The van der Waals surface area contributed by atoms with Gasteiger partial charge in [0.2, 0.25) is 5.91 Å². The predicted octanol–water partition coefficient (Wildman–Crippen LogP) is 5.54. The molecule has 1 aromatic carbocycles. The Morgan fingerprint density at radius 1 is 1.18 bits per heavy atom. The molecule has 1 fully saturated rings. The summed E-state index contributed by atoms with van der Waals surface area (Å²) in [6.45, 7) is 3.03. The number of benzene rings is 1. The van der Waals surface area contributed by atoms with Crippen LogP contribution in [0.3, 0.4) is 0 Å². The molecule has 202 valence electrons. The number of nitrogens with zero attached hydrogens (tertiary/aromatic N) is 3. The summed E-state index contributed by atoms with van der Waals surface area (Å²) < 4.78 is 44.3. The highest BCUT2D eigenvalue weighted by Gasteiger charge is 2.38. The molecule has 1 N–H and O–H groups in total. The van der Waals surface area contributed by atoms with Gasteiger partial charge >= 0.3 is 12.3 Å². The smallest absolute Gasteiger partial charge is 0.481 e. The van der Waals surface area contributed by atoms with E-state index in [1.54, 1.807) is 19.2 Å². The first-order valence-electron chi connectivity index (χ1n) is 12.8. The lowest BCUT2D eigenvalue weighted by atomic mass is 9.71. The number of ether oxygens (including phenoxy) is 1. The Hall–Kier alpha value is -3.56. The molecule has 0 radical (unpaired) electrons. The topological polar surface area (TPSA) is 84.7 Å². The zero-order valence-electron chi connectivity index (χ0n) is 21.1. The maximum Gasteiger partial charge on any atom is 0.573 e. The van der Waals surface area contributed by atoms with Crippen molar-refractivity contribution >= 4 is 22.9 Å². The second-order valence-corrected chi connectivity index (χ2v) is 10.7. The number of hydrogen-bond donors (Lipinski definition) is 1. The van der Waals surface area contributed by atoms with Gasteiger partial charge in [-0.2, -0.15) is 0 Å². The molecule has 1 aliphatic carbocycles. The van der Waals surface area contributed by atoms with Crippen LogP contribution in [0.1, 0.15) is 55.8 Å². The van der Waals surface area contributed by atoms with E-state index in [4.69, 9.17) is 0 Å². The minimum atomic E-state index is -4.77. The summed E-state index contributed by atoms with van der Waals surface area (Å²) >= 11 is 0. The number of aromatic nitrogens is 2. The first-order chi connectivity index (χ1) is 18.0. The Morgan fingerprint density at radius 2 is 1.95 bits per heavy atom. The average Bonchev–Trinajstić information content (AvgIpc) is 3.17. The lowest BCUT2D eigenvalue weighted by Crippen LogP contribution is -2.39. The van der Waals surface area contributed by atoms with Crippen molar-refractivity contribution < 1.29 is 32.6 Å². The number of hydrogen-bond acceptors (Lipinski definition) is 4. The molecule has 0 bridgehead atoms. The van der Waals surface area contributed by atoms with E-state index in [1.807, 2.05) is 21.6 Å². The zero-order chi connectivity index (χ0) is 27.1. The highest BCUT2D eigenvalue weighted by Crippen LogP contribution is 2.40. The summed E-state index contributed by atoms with van der Waals surface area (Å²) in [5.41, 5.74) is 2.69. The van der Waals surface area contributed by atoms with Gasteiger partial charge in [-0.25, -0.2) is 4.98 Å². The molecule has 7 nitrogen and oxygen atoms in total. The molecule has 1 aliphatic heterocycles. The van der Waals surface area contributed by atoms with Crippen LogP contribution in [0.2, 0.25) is 0 Å². The Morgan fingerprint density at radius 3 is 2.66 bits per heavy atom. The largest absolute Gasteiger partial charge is 0.573 e. The lowest BCUT2D eigenvalue weighted by molar-refractivity contribution is -0.274. The Kier molecular flexibility index (Phi) is 6.83. The predicted molar refractivity (Wildman–Crippen MR) is 133 cm³/mol. The summed E-state index contributed by atoms with van der Waals surface area (Å²) in [5.74, 6) is -0.843. The molecule has 3 heterocycles. The number of pyridine rings is 1. The second kappa shape index (κ2) is 9.96. The van der Waals surface area contributed by atoms with Gasteiger partial charge in [0.1, 0.15) is 11.4 Å². The Bertz CT molecular complexity index is 1360. The van der Waals surface area contributed by atoms with Crippen LogP contribution in [0.4, 0.5) is 13.2 Å². The van der Waals surface area contributed by atoms with Crippen molar-refractivity contribution in [2.24, 2.45) is 11.3 Å². The maximum atomic E-state index is 13.3. The maximum absolute atomic E-state index is 13.3. The molecule has 1 amide bonds. The van der Waals surface area contributed by atoms with Gasteiger partial charge in [-0.3, -0.25) is 9.59 Å². The van der Waals surface area contributed by atoms with Crippen molar-refractivity contribution in [3.05, 3.63) is 59.4 Å². The van der Waals surface area contributed by atoms with E-state index >= 15 is 0 Å². The van der Waals surface area contributed by atoms with Crippen LogP contribution < -0.4 is 4.74 Å². The molecule has 3 aromatic rings. The molecule has 10 heteroatoms. The first-order valence-corrected chi connectivity index (χ1v) is 12.8. The van der Waals surface area contributed by atoms with Gasteiger partial charge in [-0.05, 0) is 80.3 Å². The van der Waals surface area contributed by atoms with E-state index in [0.29, 0.717) is 57.2 Å². The summed E-state index contributed by atoms with van der Waals surface area (Å²) in [6.07, 6.45) is 0.538. The molecule has 2 aliphatic rings. The van der Waals surface area contributed by atoms with Crippen LogP contribution in [0, 0.1) is 11.3 Å². The van der Waals surface area contributed by atoms with Crippen LogP contribution in [0.25, 0.3) is 11.0 Å². The number of rotatable bonds is 6. The fraction of sp³-hybridized carbons (Fsp3) is 0.464. The SMILES string of the molecule is C[C@]1(C(=O)O)CC[C@@H](CC(=O)N2CCc3c(n(Cc4cccc(OC(F)(F)F)c4)c4ncccc34)C2)CC1. The van der Waals surface area contributed by atoms with Crippen molar-refractivity contribution in [3.8, 4) is 5.75 Å². The van der Waals surface area contributed by atoms with Gasteiger partial charge in [-0.1, -0.05) is 12.1 Å². The number of carbonyl (C=O) groups is 2. The van der Waals surface area contributed by atoms with Crippen LogP contribution in [-0.4, -0.2) is 44.3 Å². The number of fused-ring (bicyclic) bond motifs is 3. The van der Waals surface area contributed by atoms with Gasteiger partial charge in [0.25, 0.3) is 0 Å². The first kappa shape index (κ1) is 26.1. The molecule has 0 spiro atoms. The highest BCUT2D eigenvalue weighted by molar-refractivity contribution is 5.84. The molecular formula is C28H30F3N3O4. The summed E-state index contributed by atoms with van der Waals surface area (Å²) in [7, 11) is 0. The normalized spacial score (nSPS) is 21.8. The van der Waals surface area contributed by atoms with E-state index in [1.165, 1.54) is 18.2 Å². The van der Waals surface area contributed by atoms with Crippen molar-refractivity contribution in [2.75, 3.05) is 6.54 Å². The number of carboxylic acids is 1. The molecular weight excluding hydrogens is 499 g/mol. The number of halogens is 3. The molecule has 38 heavy (non-hydrogen) atoms. The molecule has 0 unspecified atom stereocenters. The minimum absolute atomic E-state index is 0.0462. The third-order valence-electron chi connectivity index (χ3n) is 8.03. The molecule has 0 saturated heterocycles. The quantitative estimate of drug-likeness (QED) is 0.453. The molecule has 2 aromatic heterocycles. The van der Waals surface area contributed by atoms with Crippen molar-refractivity contribution in [2.45, 2.75) is 64.9 Å². The van der Waals surface area contributed by atoms with Crippen LogP contribution in [0.5, 0.6) is 5.75 Å². The van der Waals surface area contributed by atoms with Gasteiger partial charge in [-0.15, -0.1) is 13.2 Å². The third-order valence-corrected chi connectivity index (χ3v) is 8.03. The average molecular weight is 530 g/mol. The lowest BCUT2D eigenvalue weighted by Gasteiger charge is -2.35. The Labute approximate surface area is 218 Å². The minimum Gasteiger partial charge on any atom is -0.481 e. The highest BCUT2D eigenvalue weighted by atomic mass is 19.4. The van der Waals surface area contributed by atoms with Crippen molar-refractivity contribution in [1.82, 2.24) is 14.5 Å². The summed E-state index contributed by atoms with van der Waals surface area (Å²) in [4.78, 5) is 31.2. The van der Waals surface area contributed by atoms with E-state index in [-0.39, 0.29) is 24.1 Å². The number of amides is 1. The third kappa shape index (κ3) is 5.35. The standard InChI is InChI=1S/C28H30F3N3O4/c1-27(26(36)37)10-7-18(8-11-27)15-24(35)33-13-9-21-22-6-3-12-32-25(22)34(23(21)17-33)16-19-4-2-5-20(14-19)38-28(29,30)31/h2-6,12,14,18H,7-11,13,15-17H2,1H3,(H,36,37)/t18-,27+. The van der Waals surface area contributed by atoms with E-state index in [0.717, 1.165) is 22.3 Å². The summed E-state index contributed by atoms with van der Waals surface area (Å²) in [5, 5.41) is 10.5. The van der Waals surface area contributed by atoms with E-state index in [9.17, 15) is 27.9 Å². The molecule has 1 saturated carbocycles. The summed E-state index contributed by atoms with van der Waals surface area (Å²) in [6, 6.07) is 9.75. The zero-order valence-corrected chi connectivity index (χ0v) is 21.1. The second-order valence-electron chi connectivity index (χ2n) is 10.7. The molecule has 0 atom stereocenters. The Balaban J connectivity index is 1.35. The number of alkyl halides is 3. The van der Waals surface area contributed by atoms with Gasteiger partial charge < -0.3 is 19.3 Å². The number of carbonyl (C=O) groups excluding carboxylic acids is 1. The van der Waals surface area contributed by atoms with E-state index in [2.05, 4.69) is 9.72 Å². The van der Waals surface area contributed by atoms with Gasteiger partial charge in [0.05, 0.1) is 12.0 Å². The van der Waals surface area contributed by atoms with Gasteiger partial charge in [0.15, 0.2) is 0 Å². The van der Waals surface area contributed by atoms with Crippen molar-refractivity contribution in [3.63, 3.8) is 0 Å². The number of carboxylic acid groups (broad SMARTS) is 1. The fourth-order valence-electron chi connectivity index (χ4n) is 5.78. The fourth-order valence-corrected chi connectivity index (χ4v) is 5.78.